The summed E-state index contributed by atoms with van der Waals surface area (Å²) in [4.78, 5) is 2.03. The summed E-state index contributed by atoms with van der Waals surface area (Å²) >= 11 is 5.52. The number of rotatable bonds is 3. The molecule has 0 bridgehead atoms. The van der Waals surface area contributed by atoms with E-state index in [9.17, 15) is 0 Å². The first-order valence-corrected chi connectivity index (χ1v) is 8.24. The summed E-state index contributed by atoms with van der Waals surface area (Å²) in [5.74, 6) is 0. The van der Waals surface area contributed by atoms with Gasteiger partial charge in [-0.05, 0) is 75.5 Å². The van der Waals surface area contributed by atoms with Crippen LogP contribution in [0, 0.1) is 0 Å². The third kappa shape index (κ3) is 3.68. The first-order chi connectivity index (χ1) is 11.4. The number of anilines is 1. The average Bonchev–Trinajstić information content (AvgIpc) is 2.53. The van der Waals surface area contributed by atoms with Gasteiger partial charge in [-0.1, -0.05) is 18.2 Å². The fourth-order valence-electron chi connectivity index (χ4n) is 2.71. The molecular formula is C19H20N4S. The van der Waals surface area contributed by atoms with Crippen LogP contribution in [0.1, 0.15) is 20.8 Å². The van der Waals surface area contributed by atoms with Gasteiger partial charge in [0.15, 0.2) is 5.11 Å². The molecular weight excluding hydrogens is 316 g/mol. The van der Waals surface area contributed by atoms with Crippen LogP contribution in [-0.2, 0) is 0 Å². The Morgan fingerprint density at radius 3 is 2.08 bits per heavy atom. The van der Waals surface area contributed by atoms with E-state index >= 15 is 0 Å². The van der Waals surface area contributed by atoms with Gasteiger partial charge in [-0.15, -0.1) is 0 Å². The van der Waals surface area contributed by atoms with Gasteiger partial charge in [-0.25, -0.2) is 0 Å². The number of benzene rings is 2. The van der Waals surface area contributed by atoms with Crippen LogP contribution in [0.3, 0.4) is 0 Å². The number of nitrogens with zero attached hydrogens (tertiary/aromatic N) is 3. The third-order valence-electron chi connectivity index (χ3n) is 3.70. The Morgan fingerprint density at radius 1 is 0.917 bits per heavy atom. The van der Waals surface area contributed by atoms with Crippen LogP contribution in [0.2, 0.25) is 0 Å². The van der Waals surface area contributed by atoms with Crippen molar-refractivity contribution in [3.63, 3.8) is 0 Å². The van der Waals surface area contributed by atoms with Crippen molar-refractivity contribution >= 4 is 34.4 Å². The number of hydrogen-bond acceptors (Lipinski definition) is 3. The molecule has 0 fully saturated rings. The summed E-state index contributed by atoms with van der Waals surface area (Å²) in [6.07, 6.45) is 2.17. The molecule has 0 radical (unpaired) electrons. The van der Waals surface area contributed by atoms with Crippen molar-refractivity contribution in [3.05, 3.63) is 66.4 Å². The van der Waals surface area contributed by atoms with Gasteiger partial charge in [0.05, 0.1) is 16.9 Å². The van der Waals surface area contributed by atoms with Gasteiger partial charge in [0.1, 0.15) is 0 Å². The molecule has 3 rings (SSSR count). The summed E-state index contributed by atoms with van der Waals surface area (Å²) in [6, 6.07) is 17.6. The largest absolute Gasteiger partial charge is 0.354 e. The van der Waals surface area contributed by atoms with E-state index in [4.69, 9.17) is 12.2 Å². The quantitative estimate of drug-likeness (QED) is 0.596. The minimum atomic E-state index is -0.124. The van der Waals surface area contributed by atoms with E-state index in [0.717, 1.165) is 22.8 Å². The molecule has 122 valence electrons. The Balaban J connectivity index is 1.80. The van der Waals surface area contributed by atoms with Crippen molar-refractivity contribution in [2.45, 2.75) is 26.3 Å². The van der Waals surface area contributed by atoms with E-state index in [2.05, 4.69) is 42.4 Å². The van der Waals surface area contributed by atoms with Crippen LogP contribution in [-0.4, -0.2) is 10.7 Å². The monoisotopic (exact) mass is 336 g/mol. The zero-order valence-electron chi connectivity index (χ0n) is 14.0. The van der Waals surface area contributed by atoms with Crippen molar-refractivity contribution in [1.82, 2.24) is 5.32 Å². The van der Waals surface area contributed by atoms with Crippen LogP contribution in [0.15, 0.2) is 76.6 Å². The minimum absolute atomic E-state index is 0.124. The summed E-state index contributed by atoms with van der Waals surface area (Å²) in [6.45, 7) is 6.28. The van der Waals surface area contributed by atoms with Crippen LogP contribution >= 0.6 is 12.2 Å². The maximum atomic E-state index is 5.52. The standard InChI is InChI=1S/C19H20N4S/c1-14-13-19(2,3)20-18(24)23(14)17-11-9-16(10-12-17)22-21-15-7-5-4-6-8-15/h4-13H,1-3H3,(H,20,24). The molecule has 4 nitrogen and oxygen atoms in total. The van der Waals surface area contributed by atoms with Crippen LogP contribution in [0.25, 0.3) is 0 Å². The van der Waals surface area contributed by atoms with Gasteiger partial charge in [0.25, 0.3) is 0 Å². The second kappa shape index (κ2) is 6.53. The first kappa shape index (κ1) is 16.3. The maximum Gasteiger partial charge on any atom is 0.178 e. The summed E-state index contributed by atoms with van der Waals surface area (Å²) in [5.41, 5.74) is 3.64. The molecule has 1 N–H and O–H groups in total. The van der Waals surface area contributed by atoms with Crippen molar-refractivity contribution in [1.29, 1.82) is 0 Å². The molecule has 24 heavy (non-hydrogen) atoms. The molecule has 0 aliphatic carbocycles. The fourth-order valence-corrected chi connectivity index (χ4v) is 3.23. The highest BCUT2D eigenvalue weighted by Crippen LogP contribution is 2.28. The molecule has 2 aromatic carbocycles. The van der Waals surface area contributed by atoms with Gasteiger partial charge >= 0.3 is 0 Å². The normalized spacial score (nSPS) is 16.9. The minimum Gasteiger partial charge on any atom is -0.354 e. The Bertz CT molecular complexity index is 792. The molecule has 0 saturated carbocycles. The van der Waals surface area contributed by atoms with Crippen LogP contribution in [0.4, 0.5) is 17.1 Å². The highest BCUT2D eigenvalue weighted by atomic mass is 32.1. The van der Waals surface area contributed by atoms with Crippen molar-refractivity contribution in [3.8, 4) is 0 Å². The molecule has 1 aliphatic rings. The Hall–Kier alpha value is -2.53. The molecule has 1 aliphatic heterocycles. The number of azo groups is 1. The first-order valence-electron chi connectivity index (χ1n) is 7.83. The summed E-state index contributed by atoms with van der Waals surface area (Å²) < 4.78 is 0. The fraction of sp³-hybridized carbons (Fsp3) is 0.211. The molecule has 5 heteroatoms. The maximum absolute atomic E-state index is 5.52. The Labute approximate surface area is 147 Å². The van der Waals surface area contributed by atoms with Crippen molar-refractivity contribution in [2.24, 2.45) is 10.2 Å². The average molecular weight is 336 g/mol. The summed E-state index contributed by atoms with van der Waals surface area (Å²) in [7, 11) is 0. The lowest BCUT2D eigenvalue weighted by molar-refractivity contribution is 0.560. The van der Waals surface area contributed by atoms with Crippen molar-refractivity contribution in [2.75, 3.05) is 4.90 Å². The topological polar surface area (TPSA) is 40.0 Å². The SMILES string of the molecule is CC1=CC(C)(C)NC(=S)N1c1ccc(N=Nc2ccccc2)cc1. The Morgan fingerprint density at radius 2 is 1.50 bits per heavy atom. The van der Waals surface area contributed by atoms with E-state index in [1.54, 1.807) is 0 Å². The smallest absolute Gasteiger partial charge is 0.178 e. The Kier molecular flexibility index (Phi) is 4.44. The van der Waals surface area contributed by atoms with Gasteiger partial charge in [0.2, 0.25) is 0 Å². The lowest BCUT2D eigenvalue weighted by atomic mass is 10.0. The van der Waals surface area contributed by atoms with Gasteiger partial charge in [-0.3, -0.25) is 4.90 Å². The van der Waals surface area contributed by atoms with Crippen LogP contribution < -0.4 is 10.2 Å². The van der Waals surface area contributed by atoms with Crippen molar-refractivity contribution < 1.29 is 0 Å². The number of hydrogen-bond donors (Lipinski definition) is 1. The van der Waals surface area contributed by atoms with E-state index in [1.807, 2.05) is 59.5 Å². The lowest BCUT2D eigenvalue weighted by Gasteiger charge is -2.38. The van der Waals surface area contributed by atoms with Gasteiger partial charge in [-0.2, -0.15) is 10.2 Å². The van der Waals surface area contributed by atoms with Crippen LogP contribution in [0.5, 0.6) is 0 Å². The van der Waals surface area contributed by atoms with E-state index in [-0.39, 0.29) is 5.54 Å². The third-order valence-corrected chi connectivity index (χ3v) is 3.98. The molecule has 0 amide bonds. The predicted molar refractivity (Wildman–Crippen MR) is 103 cm³/mol. The predicted octanol–water partition coefficient (Wildman–Crippen LogP) is 5.48. The lowest BCUT2D eigenvalue weighted by Crippen LogP contribution is -2.53. The number of nitrogens with one attached hydrogen (secondary N) is 1. The molecule has 0 atom stereocenters. The van der Waals surface area contributed by atoms with E-state index in [0.29, 0.717) is 5.11 Å². The van der Waals surface area contributed by atoms with E-state index in [1.165, 1.54) is 0 Å². The molecule has 0 aromatic heterocycles. The molecule has 1 heterocycles. The zero-order valence-corrected chi connectivity index (χ0v) is 14.8. The van der Waals surface area contributed by atoms with Gasteiger partial charge < -0.3 is 5.32 Å². The molecule has 0 unspecified atom stereocenters. The highest BCUT2D eigenvalue weighted by molar-refractivity contribution is 7.80. The molecule has 0 spiro atoms. The second-order valence-corrected chi connectivity index (χ2v) is 6.71. The highest BCUT2D eigenvalue weighted by Gasteiger charge is 2.27. The molecule has 2 aromatic rings. The summed E-state index contributed by atoms with van der Waals surface area (Å²) in [5, 5.41) is 12.5. The number of thiocarbonyl (C=S) groups is 1. The van der Waals surface area contributed by atoms with Gasteiger partial charge in [0, 0.05) is 11.4 Å². The zero-order chi connectivity index (χ0) is 17.2. The number of allylic oxidation sites excluding steroid dienone is 1. The molecule has 0 saturated heterocycles. The van der Waals surface area contributed by atoms with E-state index < -0.39 is 0 Å². The second-order valence-electron chi connectivity index (χ2n) is 6.32.